The molecule has 0 bridgehead atoms. The molecule has 3 heteroatoms. The van der Waals surface area contributed by atoms with Crippen LogP contribution in [0, 0.1) is 33.1 Å². The van der Waals surface area contributed by atoms with Crippen LogP contribution < -0.4 is 5.32 Å². The highest BCUT2D eigenvalue weighted by molar-refractivity contribution is 5.81. The highest BCUT2D eigenvalue weighted by Gasteiger charge is 2.36. The summed E-state index contributed by atoms with van der Waals surface area (Å²) in [7, 11) is 0. The fourth-order valence-corrected chi connectivity index (χ4v) is 2.47. The van der Waals surface area contributed by atoms with Gasteiger partial charge in [0, 0.05) is 0 Å². The number of hydrogen-bond donors (Lipinski definition) is 2. The van der Waals surface area contributed by atoms with Crippen molar-refractivity contribution in [2.45, 2.75) is 33.2 Å². The molecule has 3 nitrogen and oxygen atoms in total. The van der Waals surface area contributed by atoms with Crippen LogP contribution >= 0.6 is 0 Å². The normalized spacial score (nSPS) is 13.7. The maximum Gasteiger partial charge on any atom is 0.328 e. The Morgan fingerprint density at radius 1 is 1.39 bits per heavy atom. The molecule has 1 unspecified atom stereocenters. The highest BCUT2D eigenvalue weighted by Crippen LogP contribution is 2.28. The van der Waals surface area contributed by atoms with Crippen LogP contribution in [0.5, 0.6) is 0 Å². The molecule has 96 valence electrons. The van der Waals surface area contributed by atoms with Crippen molar-refractivity contribution in [2.75, 3.05) is 6.54 Å². The minimum atomic E-state index is -1.16. The third-order valence-corrected chi connectivity index (χ3v) is 3.15. The SMILES string of the molecule is C#CCNC(C)(C(=O)O)c1c(C)cc(C)cc1C. The van der Waals surface area contributed by atoms with E-state index in [2.05, 4.69) is 11.2 Å². The number of nitrogens with one attached hydrogen (secondary N) is 1. The molecule has 18 heavy (non-hydrogen) atoms. The van der Waals surface area contributed by atoms with Gasteiger partial charge < -0.3 is 5.11 Å². The number of carboxylic acid groups (broad SMARTS) is 1. The van der Waals surface area contributed by atoms with E-state index in [1.807, 2.05) is 32.9 Å². The number of terminal acetylenes is 1. The van der Waals surface area contributed by atoms with Crippen molar-refractivity contribution in [1.29, 1.82) is 0 Å². The average Bonchev–Trinajstić information content (AvgIpc) is 2.24. The summed E-state index contributed by atoms with van der Waals surface area (Å²) in [5.41, 5.74) is 2.67. The molecule has 1 atom stereocenters. The van der Waals surface area contributed by atoms with Gasteiger partial charge in [0.2, 0.25) is 0 Å². The Labute approximate surface area is 108 Å². The van der Waals surface area contributed by atoms with Gasteiger partial charge in [0.15, 0.2) is 0 Å². The smallest absolute Gasteiger partial charge is 0.328 e. The van der Waals surface area contributed by atoms with Crippen molar-refractivity contribution < 1.29 is 9.90 Å². The van der Waals surface area contributed by atoms with Crippen molar-refractivity contribution in [3.05, 3.63) is 34.4 Å². The molecule has 0 amide bonds. The molecule has 0 aromatic heterocycles. The molecule has 0 aliphatic rings. The lowest BCUT2D eigenvalue weighted by molar-refractivity contribution is -0.144. The van der Waals surface area contributed by atoms with E-state index in [1.54, 1.807) is 6.92 Å². The number of rotatable bonds is 4. The minimum Gasteiger partial charge on any atom is -0.480 e. The summed E-state index contributed by atoms with van der Waals surface area (Å²) in [6.45, 7) is 7.71. The fraction of sp³-hybridized carbons (Fsp3) is 0.400. The molecule has 2 N–H and O–H groups in total. The van der Waals surface area contributed by atoms with Gasteiger partial charge in [-0.05, 0) is 44.4 Å². The maximum atomic E-state index is 11.6. The van der Waals surface area contributed by atoms with Crippen molar-refractivity contribution in [1.82, 2.24) is 5.32 Å². The van der Waals surface area contributed by atoms with E-state index < -0.39 is 11.5 Å². The molecule has 0 fully saturated rings. The van der Waals surface area contributed by atoms with Gasteiger partial charge in [-0.3, -0.25) is 5.32 Å². The number of aryl methyl sites for hydroxylation is 3. The Bertz CT molecular complexity index is 491. The van der Waals surface area contributed by atoms with Crippen molar-refractivity contribution in [2.24, 2.45) is 0 Å². The van der Waals surface area contributed by atoms with E-state index in [0.717, 1.165) is 22.3 Å². The van der Waals surface area contributed by atoms with Crippen LogP contribution in [-0.2, 0) is 10.3 Å². The summed E-state index contributed by atoms with van der Waals surface area (Å²) in [4.78, 5) is 11.6. The topological polar surface area (TPSA) is 49.3 Å². The molecule has 1 aromatic rings. The second-order valence-electron chi connectivity index (χ2n) is 4.76. The lowest BCUT2D eigenvalue weighted by atomic mass is 9.84. The van der Waals surface area contributed by atoms with E-state index in [4.69, 9.17) is 6.42 Å². The first-order valence-corrected chi connectivity index (χ1v) is 5.83. The molecule has 0 saturated carbocycles. The van der Waals surface area contributed by atoms with Gasteiger partial charge in [-0.25, -0.2) is 4.79 Å². The van der Waals surface area contributed by atoms with Gasteiger partial charge in [0.1, 0.15) is 5.54 Å². The third kappa shape index (κ3) is 2.55. The molecule has 1 aromatic carbocycles. The molecule has 0 radical (unpaired) electrons. The Balaban J connectivity index is 3.40. The monoisotopic (exact) mass is 245 g/mol. The minimum absolute atomic E-state index is 0.218. The summed E-state index contributed by atoms with van der Waals surface area (Å²) < 4.78 is 0. The Morgan fingerprint density at radius 2 is 1.89 bits per heavy atom. The summed E-state index contributed by atoms with van der Waals surface area (Å²) in [5.74, 6) is 1.50. The second kappa shape index (κ2) is 5.24. The number of benzene rings is 1. The van der Waals surface area contributed by atoms with Gasteiger partial charge >= 0.3 is 5.97 Å². The van der Waals surface area contributed by atoms with Crippen LogP contribution in [0.2, 0.25) is 0 Å². The molecule has 0 heterocycles. The quantitative estimate of drug-likeness (QED) is 0.799. The van der Waals surface area contributed by atoms with Crippen LogP contribution in [0.3, 0.4) is 0 Å². The van der Waals surface area contributed by atoms with Crippen LogP contribution in [0.1, 0.15) is 29.2 Å². The van der Waals surface area contributed by atoms with E-state index >= 15 is 0 Å². The third-order valence-electron chi connectivity index (χ3n) is 3.15. The molecular formula is C15H19NO2. The Morgan fingerprint density at radius 3 is 2.28 bits per heavy atom. The van der Waals surface area contributed by atoms with Gasteiger partial charge in [-0.2, -0.15) is 0 Å². The van der Waals surface area contributed by atoms with Gasteiger partial charge in [-0.1, -0.05) is 23.6 Å². The standard InChI is InChI=1S/C15H19NO2/c1-6-7-16-15(5,14(17)18)13-11(3)8-10(2)9-12(13)4/h1,8-9,16H,7H2,2-5H3,(H,17,18). The molecule has 0 saturated heterocycles. The highest BCUT2D eigenvalue weighted by atomic mass is 16.4. The lowest BCUT2D eigenvalue weighted by Crippen LogP contribution is -2.47. The molecule has 0 spiro atoms. The summed E-state index contributed by atoms with van der Waals surface area (Å²) in [5, 5.41) is 12.4. The second-order valence-corrected chi connectivity index (χ2v) is 4.76. The fourth-order valence-electron chi connectivity index (χ4n) is 2.47. The van der Waals surface area contributed by atoms with Gasteiger partial charge in [0.25, 0.3) is 0 Å². The van der Waals surface area contributed by atoms with Crippen molar-refractivity contribution in [3.63, 3.8) is 0 Å². The van der Waals surface area contributed by atoms with Gasteiger partial charge in [0.05, 0.1) is 6.54 Å². The predicted octanol–water partition coefficient (Wildman–Crippen LogP) is 2.13. The van der Waals surface area contributed by atoms with Crippen LogP contribution in [-0.4, -0.2) is 17.6 Å². The first-order chi connectivity index (χ1) is 8.32. The maximum absolute atomic E-state index is 11.6. The summed E-state index contributed by atoms with van der Waals surface area (Å²) >= 11 is 0. The summed E-state index contributed by atoms with van der Waals surface area (Å²) in [6, 6.07) is 3.97. The van der Waals surface area contributed by atoms with Gasteiger partial charge in [-0.15, -0.1) is 6.42 Å². The lowest BCUT2D eigenvalue weighted by Gasteiger charge is -2.29. The first-order valence-electron chi connectivity index (χ1n) is 5.83. The zero-order valence-electron chi connectivity index (χ0n) is 11.3. The summed E-state index contributed by atoms with van der Waals surface area (Å²) in [6.07, 6.45) is 5.21. The molecular weight excluding hydrogens is 226 g/mol. The van der Waals surface area contributed by atoms with E-state index in [0.29, 0.717) is 0 Å². The Kier molecular flexibility index (Phi) is 4.15. The van der Waals surface area contributed by atoms with E-state index in [9.17, 15) is 9.90 Å². The first kappa shape index (κ1) is 14.3. The number of aliphatic carboxylic acids is 1. The zero-order chi connectivity index (χ0) is 13.9. The average molecular weight is 245 g/mol. The number of carboxylic acids is 1. The van der Waals surface area contributed by atoms with Crippen LogP contribution in [0.25, 0.3) is 0 Å². The van der Waals surface area contributed by atoms with Crippen molar-refractivity contribution in [3.8, 4) is 12.3 Å². The molecule has 0 aliphatic carbocycles. The van der Waals surface area contributed by atoms with Crippen LogP contribution in [0.4, 0.5) is 0 Å². The van der Waals surface area contributed by atoms with E-state index in [-0.39, 0.29) is 6.54 Å². The predicted molar refractivity (Wildman–Crippen MR) is 72.5 cm³/mol. The zero-order valence-corrected chi connectivity index (χ0v) is 11.3. The number of hydrogen-bond acceptors (Lipinski definition) is 2. The van der Waals surface area contributed by atoms with Crippen molar-refractivity contribution >= 4 is 5.97 Å². The number of carbonyl (C=O) groups is 1. The molecule has 0 aliphatic heterocycles. The van der Waals surface area contributed by atoms with E-state index in [1.165, 1.54) is 0 Å². The largest absolute Gasteiger partial charge is 0.480 e. The Hall–Kier alpha value is -1.79. The molecule has 1 rings (SSSR count). The van der Waals surface area contributed by atoms with Crippen LogP contribution in [0.15, 0.2) is 12.1 Å².